The average Bonchev–Trinajstić information content (AvgIpc) is 2.48. The maximum absolute atomic E-state index is 10.4. The molecule has 25 heavy (non-hydrogen) atoms. The van der Waals surface area contributed by atoms with Crippen LogP contribution < -0.4 is 0 Å². The number of hydrogen-bond donors (Lipinski definition) is 2. The monoisotopic (exact) mass is 432 g/mol. The number of aliphatic hydroxyl groups is 2. The van der Waals surface area contributed by atoms with Crippen LogP contribution in [0.4, 0.5) is 0 Å². The van der Waals surface area contributed by atoms with Gasteiger partial charge < -0.3 is 14.9 Å². The minimum Gasteiger partial charge on any atom is -0.397 e. The van der Waals surface area contributed by atoms with Crippen LogP contribution in [0.3, 0.4) is 0 Å². The maximum Gasteiger partial charge on any atom is 0.267 e. The van der Waals surface area contributed by atoms with Gasteiger partial charge in [0.05, 0.1) is 18.6 Å². The fraction of sp³-hybridized carbons (Fsp3) is 1.00. The summed E-state index contributed by atoms with van der Waals surface area (Å²) >= 11 is 0. The Morgan fingerprint density at radius 1 is 0.800 bits per heavy atom. The molecule has 2 N–H and O–H groups in total. The van der Waals surface area contributed by atoms with Gasteiger partial charge in [-0.2, -0.15) is 8.42 Å². The zero-order valence-electron chi connectivity index (χ0n) is 16.5. The van der Waals surface area contributed by atoms with E-state index in [2.05, 4.69) is 8.92 Å². The normalized spacial score (nSPS) is 9.68. The Bertz CT molecular complexity index is 393. The Morgan fingerprint density at radius 2 is 1.08 bits per heavy atom. The molecule has 0 aliphatic carbocycles. The predicted octanol–water partition coefficient (Wildman–Crippen LogP) is 1.99. The summed E-state index contributed by atoms with van der Waals surface area (Å²) in [5, 5.41) is 15.1. The SMILES string of the molecule is CCCS(=O)(=O)Cl.CCCS(=O)(=O)OC.CCO.CCO.CCOC. The molecule has 0 aromatic carbocycles. The zero-order valence-corrected chi connectivity index (χ0v) is 18.9. The molecule has 0 saturated heterocycles. The van der Waals surface area contributed by atoms with Crippen LogP contribution in [-0.2, 0) is 28.1 Å². The molecule has 0 aliphatic heterocycles. The number of ether oxygens (including phenoxy) is 1. The summed E-state index contributed by atoms with van der Waals surface area (Å²) in [6, 6.07) is 0. The van der Waals surface area contributed by atoms with E-state index in [1.54, 1.807) is 34.8 Å². The smallest absolute Gasteiger partial charge is 0.267 e. The van der Waals surface area contributed by atoms with E-state index in [1.807, 2.05) is 6.92 Å². The number of aliphatic hydroxyl groups excluding tert-OH is 2. The molecule has 0 aromatic rings. The second kappa shape index (κ2) is 28.8. The van der Waals surface area contributed by atoms with Crippen molar-refractivity contribution in [3.63, 3.8) is 0 Å². The van der Waals surface area contributed by atoms with Gasteiger partial charge in [0.15, 0.2) is 0 Å². The summed E-state index contributed by atoms with van der Waals surface area (Å²) < 4.78 is 49.4. The number of hydrogen-bond acceptors (Lipinski definition) is 8. The van der Waals surface area contributed by atoms with Crippen molar-refractivity contribution in [1.29, 1.82) is 0 Å². The first-order chi connectivity index (χ1) is 11.4. The highest BCUT2D eigenvalue weighted by Crippen LogP contribution is 1.96. The third-order valence-corrected chi connectivity index (χ3v) is 4.22. The zero-order chi connectivity index (χ0) is 21.4. The molecule has 0 rings (SSSR count). The minimum atomic E-state index is -3.20. The molecule has 0 radical (unpaired) electrons. The molecule has 0 amide bonds. The molecule has 0 aromatic heterocycles. The summed E-state index contributed by atoms with van der Waals surface area (Å²) in [7, 11) is 1.29. The van der Waals surface area contributed by atoms with Crippen LogP contribution in [0.1, 0.15) is 47.5 Å². The summed E-state index contributed by atoms with van der Waals surface area (Å²) in [6.07, 6.45) is 1.20. The third-order valence-electron chi connectivity index (χ3n) is 1.44. The van der Waals surface area contributed by atoms with Crippen LogP contribution >= 0.6 is 10.7 Å². The Kier molecular flexibility index (Phi) is 41.5. The van der Waals surface area contributed by atoms with E-state index in [9.17, 15) is 16.8 Å². The first-order valence-electron chi connectivity index (χ1n) is 7.84. The Morgan fingerprint density at radius 3 is 1.12 bits per heavy atom. The van der Waals surface area contributed by atoms with Gasteiger partial charge in [-0.3, -0.25) is 4.18 Å². The summed E-state index contributed by atoms with van der Waals surface area (Å²) in [5.41, 5.74) is 0. The molecule has 0 fully saturated rings. The average molecular weight is 433 g/mol. The van der Waals surface area contributed by atoms with Crippen molar-refractivity contribution in [1.82, 2.24) is 0 Å². The van der Waals surface area contributed by atoms with Gasteiger partial charge in [-0.25, -0.2) is 8.42 Å². The molecular formula is C14H37ClO8S2. The number of methoxy groups -OCH3 is 1. The topological polar surface area (TPSA) is 127 Å². The van der Waals surface area contributed by atoms with Gasteiger partial charge in [0, 0.05) is 37.6 Å². The van der Waals surface area contributed by atoms with Crippen molar-refractivity contribution >= 4 is 29.9 Å². The van der Waals surface area contributed by atoms with E-state index in [1.165, 1.54) is 7.11 Å². The second-order valence-corrected chi connectivity index (χ2v) is 8.63. The second-order valence-electron chi connectivity index (χ2n) is 3.88. The first-order valence-corrected chi connectivity index (χ1v) is 11.9. The lowest BCUT2D eigenvalue weighted by Gasteiger charge is -1.94. The van der Waals surface area contributed by atoms with Crippen molar-refractivity contribution < 1.29 is 36.0 Å². The molecule has 0 atom stereocenters. The fourth-order valence-corrected chi connectivity index (χ4v) is 2.19. The van der Waals surface area contributed by atoms with E-state index in [-0.39, 0.29) is 24.7 Å². The molecule has 0 aliphatic rings. The van der Waals surface area contributed by atoms with Crippen LogP contribution in [0, 0.1) is 0 Å². The molecule has 0 bridgehead atoms. The third kappa shape index (κ3) is 80.6. The standard InChI is InChI=1S/C4H10O3S.C3H7ClO2S.C3H8O.2C2H6O/c1-3-4-8(5,6)7-2;1-2-3-7(4,5)6;1-3-4-2;2*1-2-3/h3-4H2,1-2H3;2-3H2,1H3;3H2,1-2H3;2*3H,2H2,1H3. The maximum atomic E-state index is 10.4. The van der Waals surface area contributed by atoms with Gasteiger partial charge in [-0.05, 0) is 33.6 Å². The summed E-state index contributed by atoms with van der Waals surface area (Å²) in [5.74, 6) is 0.193. The number of halogens is 1. The van der Waals surface area contributed by atoms with Crippen LogP contribution in [0.5, 0.6) is 0 Å². The van der Waals surface area contributed by atoms with Crippen LogP contribution in [0.25, 0.3) is 0 Å². The van der Waals surface area contributed by atoms with Gasteiger partial charge in [0.2, 0.25) is 9.05 Å². The highest BCUT2D eigenvalue weighted by molar-refractivity contribution is 8.13. The van der Waals surface area contributed by atoms with Gasteiger partial charge in [-0.1, -0.05) is 13.8 Å². The lowest BCUT2D eigenvalue weighted by Crippen LogP contribution is -2.05. The van der Waals surface area contributed by atoms with Gasteiger partial charge in [-0.15, -0.1) is 0 Å². The van der Waals surface area contributed by atoms with Crippen LogP contribution in [-0.4, -0.2) is 72.6 Å². The van der Waals surface area contributed by atoms with Gasteiger partial charge in [0.25, 0.3) is 10.1 Å². The van der Waals surface area contributed by atoms with Crippen molar-refractivity contribution in [2.24, 2.45) is 0 Å². The van der Waals surface area contributed by atoms with E-state index in [0.717, 1.165) is 6.61 Å². The quantitative estimate of drug-likeness (QED) is 0.481. The van der Waals surface area contributed by atoms with Crippen LogP contribution in [0.15, 0.2) is 0 Å². The molecule has 8 nitrogen and oxygen atoms in total. The fourth-order valence-electron chi connectivity index (χ4n) is 0.577. The lowest BCUT2D eigenvalue weighted by atomic mass is 10.6. The van der Waals surface area contributed by atoms with Gasteiger partial charge in [0.1, 0.15) is 0 Å². The van der Waals surface area contributed by atoms with E-state index >= 15 is 0 Å². The van der Waals surface area contributed by atoms with Crippen molar-refractivity contribution in [3.05, 3.63) is 0 Å². The van der Waals surface area contributed by atoms with Crippen molar-refractivity contribution in [3.8, 4) is 0 Å². The van der Waals surface area contributed by atoms with Gasteiger partial charge >= 0.3 is 0 Å². The Labute approximate surface area is 159 Å². The molecular weight excluding hydrogens is 396 g/mol. The molecule has 0 unspecified atom stereocenters. The first kappa shape index (κ1) is 36.0. The van der Waals surface area contributed by atoms with Crippen molar-refractivity contribution in [2.75, 3.05) is 45.5 Å². The van der Waals surface area contributed by atoms with E-state index in [4.69, 9.17) is 20.9 Å². The van der Waals surface area contributed by atoms with E-state index < -0.39 is 19.2 Å². The summed E-state index contributed by atoms with van der Waals surface area (Å²) in [4.78, 5) is 0. The highest BCUT2D eigenvalue weighted by atomic mass is 35.7. The lowest BCUT2D eigenvalue weighted by molar-refractivity contribution is 0.215. The molecule has 160 valence electrons. The Hall–Kier alpha value is 0.0300. The minimum absolute atomic E-state index is 0.0779. The molecule has 0 spiro atoms. The Balaban J connectivity index is -0.0000000713. The van der Waals surface area contributed by atoms with Crippen LogP contribution in [0.2, 0.25) is 0 Å². The van der Waals surface area contributed by atoms with E-state index in [0.29, 0.717) is 12.8 Å². The predicted molar refractivity (Wildman–Crippen MR) is 104 cm³/mol. The number of rotatable bonds is 6. The van der Waals surface area contributed by atoms with Crippen molar-refractivity contribution in [2.45, 2.75) is 47.5 Å². The molecule has 11 heteroatoms. The highest BCUT2D eigenvalue weighted by Gasteiger charge is 2.03. The summed E-state index contributed by atoms with van der Waals surface area (Å²) in [6.45, 7) is 10.2. The molecule has 0 heterocycles. The largest absolute Gasteiger partial charge is 0.397 e. The molecule has 0 saturated carbocycles.